The van der Waals surface area contributed by atoms with Crippen molar-refractivity contribution in [3.05, 3.63) is 0 Å². The van der Waals surface area contributed by atoms with E-state index in [-0.39, 0.29) is 12.1 Å². The topological polar surface area (TPSA) is 50.4 Å². The van der Waals surface area contributed by atoms with Crippen LogP contribution in [0.2, 0.25) is 0 Å². The van der Waals surface area contributed by atoms with Crippen LogP contribution in [0.1, 0.15) is 59.8 Å². The van der Waals surface area contributed by atoms with Gasteiger partial charge >= 0.3 is 6.09 Å². The van der Waals surface area contributed by atoms with Crippen LogP contribution in [0, 0.1) is 11.8 Å². The molecule has 4 heteroatoms. The summed E-state index contributed by atoms with van der Waals surface area (Å²) in [6.45, 7) is 9.19. The molecule has 0 aromatic heterocycles. The number of ether oxygens (including phenoxy) is 1. The second-order valence-electron chi connectivity index (χ2n) is 7.58. The molecule has 2 saturated carbocycles. The van der Waals surface area contributed by atoms with Crippen molar-refractivity contribution in [1.82, 2.24) is 10.6 Å². The first kappa shape index (κ1) is 15.6. The molecule has 4 nitrogen and oxygen atoms in total. The lowest BCUT2D eigenvalue weighted by atomic mass is 9.91. The number of amides is 1. The highest BCUT2D eigenvalue weighted by atomic mass is 16.6. The molecule has 2 fully saturated rings. The molecule has 0 saturated heterocycles. The number of carbonyl (C=O) groups excluding carboxylic acids is 1. The van der Waals surface area contributed by atoms with E-state index in [0.29, 0.717) is 6.04 Å². The molecule has 0 heterocycles. The number of hydrogen-bond donors (Lipinski definition) is 2. The standard InChI is InChI=1S/C16H30N2O2/c1-11-9-12(11)10-17-13-5-7-14(8-6-13)18-15(19)20-16(2,3)4/h11-14,17H,5-10H2,1-4H3,(H,18,19). The molecule has 0 radical (unpaired) electrons. The van der Waals surface area contributed by atoms with Crippen molar-refractivity contribution in [2.24, 2.45) is 11.8 Å². The molecule has 1 amide bonds. The molecule has 0 aliphatic heterocycles. The summed E-state index contributed by atoms with van der Waals surface area (Å²) in [6, 6.07) is 0.919. The van der Waals surface area contributed by atoms with Gasteiger partial charge in [-0.25, -0.2) is 4.79 Å². The van der Waals surface area contributed by atoms with Gasteiger partial charge in [0, 0.05) is 12.1 Å². The number of nitrogens with one attached hydrogen (secondary N) is 2. The first-order valence-electron chi connectivity index (χ1n) is 8.06. The quantitative estimate of drug-likeness (QED) is 0.833. The van der Waals surface area contributed by atoms with Gasteiger partial charge in [0.15, 0.2) is 0 Å². The van der Waals surface area contributed by atoms with Gasteiger partial charge in [-0.05, 0) is 71.3 Å². The molecule has 116 valence electrons. The Bertz CT molecular complexity index is 330. The Morgan fingerprint density at radius 2 is 1.70 bits per heavy atom. The summed E-state index contributed by atoms with van der Waals surface area (Å²) in [4.78, 5) is 11.7. The average Bonchev–Trinajstić information content (AvgIpc) is 3.02. The monoisotopic (exact) mass is 282 g/mol. The van der Waals surface area contributed by atoms with Gasteiger partial charge < -0.3 is 15.4 Å². The molecular formula is C16H30N2O2. The van der Waals surface area contributed by atoms with Gasteiger partial charge in [-0.1, -0.05) is 6.92 Å². The van der Waals surface area contributed by atoms with Crippen LogP contribution in [0.25, 0.3) is 0 Å². The van der Waals surface area contributed by atoms with Crippen LogP contribution in [0.15, 0.2) is 0 Å². The summed E-state index contributed by atoms with van der Waals surface area (Å²) >= 11 is 0. The minimum atomic E-state index is -0.413. The van der Waals surface area contributed by atoms with E-state index in [1.807, 2.05) is 20.8 Å². The van der Waals surface area contributed by atoms with Crippen LogP contribution in [-0.4, -0.2) is 30.3 Å². The van der Waals surface area contributed by atoms with E-state index in [9.17, 15) is 4.79 Å². The van der Waals surface area contributed by atoms with Gasteiger partial charge in [0.1, 0.15) is 5.60 Å². The third-order valence-electron chi connectivity index (χ3n) is 4.39. The Morgan fingerprint density at radius 3 is 2.20 bits per heavy atom. The Labute approximate surface area is 123 Å². The first-order chi connectivity index (χ1) is 9.33. The summed E-state index contributed by atoms with van der Waals surface area (Å²) < 4.78 is 5.30. The van der Waals surface area contributed by atoms with Gasteiger partial charge in [0.25, 0.3) is 0 Å². The Morgan fingerprint density at radius 1 is 1.15 bits per heavy atom. The minimum absolute atomic E-state index is 0.277. The SMILES string of the molecule is CC1CC1CNC1CCC(NC(=O)OC(C)(C)C)CC1. The lowest BCUT2D eigenvalue weighted by molar-refractivity contribution is 0.0490. The molecule has 2 rings (SSSR count). The van der Waals surface area contributed by atoms with Crippen molar-refractivity contribution >= 4 is 6.09 Å². The van der Waals surface area contributed by atoms with E-state index in [0.717, 1.165) is 37.5 Å². The molecular weight excluding hydrogens is 252 g/mol. The number of alkyl carbamates (subject to hydrolysis) is 1. The molecule has 0 spiro atoms. The van der Waals surface area contributed by atoms with Gasteiger partial charge in [-0.3, -0.25) is 0 Å². The molecule has 2 unspecified atom stereocenters. The normalized spacial score (nSPS) is 33.6. The number of rotatable bonds is 4. The lowest BCUT2D eigenvalue weighted by Gasteiger charge is -2.30. The van der Waals surface area contributed by atoms with Crippen molar-refractivity contribution < 1.29 is 9.53 Å². The smallest absolute Gasteiger partial charge is 0.407 e. The van der Waals surface area contributed by atoms with E-state index in [1.54, 1.807) is 0 Å². The van der Waals surface area contributed by atoms with E-state index in [1.165, 1.54) is 13.0 Å². The van der Waals surface area contributed by atoms with E-state index in [4.69, 9.17) is 4.74 Å². The van der Waals surface area contributed by atoms with E-state index < -0.39 is 5.60 Å². The maximum absolute atomic E-state index is 11.7. The fourth-order valence-electron chi connectivity index (χ4n) is 2.92. The van der Waals surface area contributed by atoms with Crippen LogP contribution in [-0.2, 0) is 4.74 Å². The first-order valence-corrected chi connectivity index (χ1v) is 8.06. The maximum atomic E-state index is 11.7. The molecule has 2 aliphatic rings. The highest BCUT2D eigenvalue weighted by molar-refractivity contribution is 5.68. The Hall–Kier alpha value is -0.770. The Kier molecular flexibility index (Phi) is 4.95. The highest BCUT2D eigenvalue weighted by Crippen LogP contribution is 2.37. The van der Waals surface area contributed by atoms with Crippen molar-refractivity contribution in [2.45, 2.75) is 77.5 Å². The summed E-state index contributed by atoms with van der Waals surface area (Å²) in [7, 11) is 0. The molecule has 2 N–H and O–H groups in total. The van der Waals surface area contributed by atoms with Gasteiger partial charge in [0.2, 0.25) is 0 Å². The van der Waals surface area contributed by atoms with Crippen LogP contribution in [0.4, 0.5) is 4.79 Å². The summed E-state index contributed by atoms with van der Waals surface area (Å²) in [5.41, 5.74) is -0.413. The Balaban J connectivity index is 1.60. The molecule has 0 aromatic rings. The molecule has 20 heavy (non-hydrogen) atoms. The summed E-state index contributed by atoms with van der Waals surface area (Å²) in [6.07, 6.45) is 5.53. The molecule has 0 aromatic carbocycles. The average molecular weight is 282 g/mol. The third-order valence-corrected chi connectivity index (χ3v) is 4.39. The fraction of sp³-hybridized carbons (Fsp3) is 0.938. The van der Waals surface area contributed by atoms with Crippen molar-refractivity contribution in [3.63, 3.8) is 0 Å². The zero-order valence-electron chi connectivity index (χ0n) is 13.4. The zero-order chi connectivity index (χ0) is 14.8. The van der Waals surface area contributed by atoms with Crippen molar-refractivity contribution in [2.75, 3.05) is 6.54 Å². The predicted octanol–water partition coefficient (Wildman–Crippen LogP) is 3.07. The number of carbonyl (C=O) groups is 1. The van der Waals surface area contributed by atoms with Crippen LogP contribution >= 0.6 is 0 Å². The summed E-state index contributed by atoms with van der Waals surface area (Å²) in [5, 5.41) is 6.67. The van der Waals surface area contributed by atoms with Gasteiger partial charge in [-0.2, -0.15) is 0 Å². The molecule has 0 bridgehead atoms. The van der Waals surface area contributed by atoms with Crippen LogP contribution < -0.4 is 10.6 Å². The fourth-order valence-corrected chi connectivity index (χ4v) is 2.92. The van der Waals surface area contributed by atoms with Gasteiger partial charge in [-0.15, -0.1) is 0 Å². The van der Waals surface area contributed by atoms with Crippen LogP contribution in [0.5, 0.6) is 0 Å². The molecule has 2 aliphatic carbocycles. The minimum Gasteiger partial charge on any atom is -0.444 e. The van der Waals surface area contributed by atoms with Gasteiger partial charge in [0.05, 0.1) is 0 Å². The lowest BCUT2D eigenvalue weighted by Crippen LogP contribution is -2.44. The highest BCUT2D eigenvalue weighted by Gasteiger charge is 2.33. The summed E-state index contributed by atoms with van der Waals surface area (Å²) in [5.74, 6) is 1.83. The second-order valence-corrected chi connectivity index (χ2v) is 7.58. The zero-order valence-corrected chi connectivity index (χ0v) is 13.4. The third kappa shape index (κ3) is 5.31. The predicted molar refractivity (Wildman–Crippen MR) is 80.7 cm³/mol. The van der Waals surface area contributed by atoms with Crippen LogP contribution in [0.3, 0.4) is 0 Å². The number of hydrogen-bond acceptors (Lipinski definition) is 3. The second kappa shape index (κ2) is 6.33. The largest absolute Gasteiger partial charge is 0.444 e. The van der Waals surface area contributed by atoms with Crippen molar-refractivity contribution in [3.8, 4) is 0 Å². The van der Waals surface area contributed by atoms with Crippen molar-refractivity contribution in [1.29, 1.82) is 0 Å². The maximum Gasteiger partial charge on any atom is 0.407 e. The molecule has 2 atom stereocenters. The van der Waals surface area contributed by atoms with E-state index in [2.05, 4.69) is 17.6 Å². The van der Waals surface area contributed by atoms with E-state index >= 15 is 0 Å².